The third kappa shape index (κ3) is 3.96. The topological polar surface area (TPSA) is 80.9 Å². The second-order valence-corrected chi connectivity index (χ2v) is 5.63. The van der Waals surface area contributed by atoms with Crippen LogP contribution in [-0.4, -0.2) is 33.7 Å². The van der Waals surface area contributed by atoms with Crippen molar-refractivity contribution in [2.45, 2.75) is 43.9 Å². The van der Waals surface area contributed by atoms with Crippen LogP contribution in [0.2, 0.25) is 0 Å². The van der Waals surface area contributed by atoms with Gasteiger partial charge in [0.15, 0.2) is 5.16 Å². The molecule has 1 aromatic rings. The highest BCUT2D eigenvalue weighted by molar-refractivity contribution is 7.99. The highest BCUT2D eigenvalue weighted by atomic mass is 32.2. The smallest absolute Gasteiger partial charge is 0.235 e. The Morgan fingerprint density at radius 1 is 1.50 bits per heavy atom. The third-order valence-corrected chi connectivity index (χ3v) is 3.64. The minimum Gasteiger partial charge on any atom is -0.368 e. The van der Waals surface area contributed by atoms with E-state index in [0.717, 1.165) is 24.2 Å². The first-order valence-electron chi connectivity index (χ1n) is 6.05. The molecule has 1 aromatic heterocycles. The monoisotopic (exact) mass is 266 g/mol. The van der Waals surface area contributed by atoms with Crippen LogP contribution in [0.15, 0.2) is 11.2 Å². The zero-order valence-corrected chi connectivity index (χ0v) is 11.5. The molecule has 0 spiro atoms. The summed E-state index contributed by atoms with van der Waals surface area (Å²) in [6.07, 6.45) is 2.27. The molecule has 1 amide bonds. The van der Waals surface area contributed by atoms with Crippen LogP contribution < -0.4 is 11.1 Å². The molecule has 0 bridgehead atoms. The lowest BCUT2D eigenvalue weighted by molar-refractivity contribution is -0.119. The normalized spacial score (nSPS) is 16.6. The van der Waals surface area contributed by atoms with Crippen molar-refractivity contribution in [1.82, 2.24) is 15.3 Å². The van der Waals surface area contributed by atoms with Gasteiger partial charge in [0.2, 0.25) is 5.91 Å². The van der Waals surface area contributed by atoms with Crippen molar-refractivity contribution in [3.63, 3.8) is 0 Å². The van der Waals surface area contributed by atoms with Crippen molar-refractivity contribution in [3.05, 3.63) is 17.5 Å². The number of primary amides is 1. The molecule has 0 radical (unpaired) electrons. The molecule has 18 heavy (non-hydrogen) atoms. The molecule has 0 aromatic carbocycles. The van der Waals surface area contributed by atoms with E-state index < -0.39 is 0 Å². The van der Waals surface area contributed by atoms with Crippen molar-refractivity contribution in [2.75, 3.05) is 5.75 Å². The summed E-state index contributed by atoms with van der Waals surface area (Å²) in [5.41, 5.74) is 7.26. The van der Waals surface area contributed by atoms with E-state index in [9.17, 15) is 4.79 Å². The lowest BCUT2D eigenvalue weighted by atomic mass is 10.3. The van der Waals surface area contributed by atoms with Crippen molar-refractivity contribution >= 4 is 17.7 Å². The third-order valence-electron chi connectivity index (χ3n) is 2.70. The molecule has 98 valence electrons. The molecule has 2 rings (SSSR count). The fraction of sp³-hybridized carbons (Fsp3) is 0.583. The molecule has 1 aliphatic carbocycles. The number of aryl methyl sites for hydroxylation is 2. The number of thioether (sulfide) groups is 1. The Morgan fingerprint density at radius 3 is 2.61 bits per heavy atom. The van der Waals surface area contributed by atoms with E-state index in [-0.39, 0.29) is 11.9 Å². The predicted molar refractivity (Wildman–Crippen MR) is 71.4 cm³/mol. The van der Waals surface area contributed by atoms with Gasteiger partial charge in [-0.15, -0.1) is 0 Å². The Kier molecular flexibility index (Phi) is 4.19. The molecule has 0 saturated heterocycles. The van der Waals surface area contributed by atoms with Gasteiger partial charge in [-0.2, -0.15) is 0 Å². The van der Waals surface area contributed by atoms with Crippen LogP contribution in [0.25, 0.3) is 0 Å². The summed E-state index contributed by atoms with van der Waals surface area (Å²) in [4.78, 5) is 20.0. The number of aromatic nitrogens is 2. The second kappa shape index (κ2) is 5.67. The Bertz CT molecular complexity index is 427. The van der Waals surface area contributed by atoms with Gasteiger partial charge >= 0.3 is 0 Å². The van der Waals surface area contributed by atoms with Gasteiger partial charge in [-0.1, -0.05) is 11.8 Å². The summed E-state index contributed by atoms with van der Waals surface area (Å²) in [6, 6.07) is 2.09. The fourth-order valence-corrected chi connectivity index (χ4v) is 2.66. The Hall–Kier alpha value is -1.14. The predicted octanol–water partition coefficient (Wildman–Crippen LogP) is 0.791. The molecule has 1 unspecified atom stereocenters. The molecular weight excluding hydrogens is 248 g/mol. The number of carbonyl (C=O) groups excluding carboxylic acids is 1. The van der Waals surface area contributed by atoms with Crippen molar-refractivity contribution in [2.24, 2.45) is 5.73 Å². The summed E-state index contributed by atoms with van der Waals surface area (Å²) < 4.78 is 0. The van der Waals surface area contributed by atoms with E-state index in [2.05, 4.69) is 15.3 Å². The number of rotatable bonds is 6. The average Bonchev–Trinajstić information content (AvgIpc) is 3.06. The van der Waals surface area contributed by atoms with E-state index >= 15 is 0 Å². The molecule has 6 heteroatoms. The molecule has 1 saturated carbocycles. The number of hydrogen-bond acceptors (Lipinski definition) is 5. The van der Waals surface area contributed by atoms with Gasteiger partial charge in [-0.05, 0) is 32.8 Å². The van der Waals surface area contributed by atoms with Gasteiger partial charge in [0.05, 0.1) is 6.04 Å². The highest BCUT2D eigenvalue weighted by Crippen LogP contribution is 2.21. The Labute approximate surface area is 111 Å². The SMILES string of the molecule is Cc1cc(C)nc(SCC(NC2CC2)C(N)=O)n1. The minimum atomic E-state index is -0.307. The van der Waals surface area contributed by atoms with Crippen LogP contribution in [0.1, 0.15) is 24.2 Å². The van der Waals surface area contributed by atoms with Crippen LogP contribution in [0.5, 0.6) is 0 Å². The van der Waals surface area contributed by atoms with E-state index in [0.29, 0.717) is 17.0 Å². The van der Waals surface area contributed by atoms with Crippen molar-refractivity contribution in [1.29, 1.82) is 0 Å². The largest absolute Gasteiger partial charge is 0.368 e. The summed E-state index contributed by atoms with van der Waals surface area (Å²) >= 11 is 1.47. The molecule has 1 atom stereocenters. The quantitative estimate of drug-likeness (QED) is 0.588. The van der Waals surface area contributed by atoms with E-state index in [1.807, 2.05) is 19.9 Å². The Morgan fingerprint density at radius 2 is 2.11 bits per heavy atom. The van der Waals surface area contributed by atoms with Gasteiger partial charge in [0.25, 0.3) is 0 Å². The summed E-state index contributed by atoms with van der Waals surface area (Å²) in [5.74, 6) is 0.271. The maximum atomic E-state index is 11.3. The fourth-order valence-electron chi connectivity index (χ4n) is 1.66. The van der Waals surface area contributed by atoms with Crippen molar-refractivity contribution < 1.29 is 4.79 Å². The van der Waals surface area contributed by atoms with Gasteiger partial charge in [-0.3, -0.25) is 4.79 Å². The number of carbonyl (C=O) groups is 1. The van der Waals surface area contributed by atoms with E-state index in [1.165, 1.54) is 11.8 Å². The first kappa shape index (κ1) is 13.3. The van der Waals surface area contributed by atoms with Crippen molar-refractivity contribution in [3.8, 4) is 0 Å². The highest BCUT2D eigenvalue weighted by Gasteiger charge is 2.27. The van der Waals surface area contributed by atoms with Crippen LogP contribution in [0.3, 0.4) is 0 Å². The zero-order valence-electron chi connectivity index (χ0n) is 10.6. The van der Waals surface area contributed by atoms with Crippen LogP contribution in [0, 0.1) is 13.8 Å². The summed E-state index contributed by atoms with van der Waals surface area (Å²) in [6.45, 7) is 3.87. The van der Waals surface area contributed by atoms with Gasteiger partial charge in [0.1, 0.15) is 0 Å². The number of nitrogens with two attached hydrogens (primary N) is 1. The Balaban J connectivity index is 1.93. The van der Waals surface area contributed by atoms with Gasteiger partial charge in [0, 0.05) is 23.2 Å². The van der Waals surface area contributed by atoms with Crippen LogP contribution >= 0.6 is 11.8 Å². The molecule has 1 aliphatic rings. The maximum absolute atomic E-state index is 11.3. The number of hydrogen-bond donors (Lipinski definition) is 2. The van der Waals surface area contributed by atoms with E-state index in [4.69, 9.17) is 5.73 Å². The lowest BCUT2D eigenvalue weighted by Gasteiger charge is -2.14. The van der Waals surface area contributed by atoms with E-state index in [1.54, 1.807) is 0 Å². The number of nitrogens with one attached hydrogen (secondary N) is 1. The molecular formula is C12H18N4OS. The number of nitrogens with zero attached hydrogens (tertiary/aromatic N) is 2. The maximum Gasteiger partial charge on any atom is 0.235 e. The molecule has 1 heterocycles. The first-order chi connectivity index (χ1) is 8.54. The van der Waals surface area contributed by atoms with Gasteiger partial charge < -0.3 is 11.1 Å². The summed E-state index contributed by atoms with van der Waals surface area (Å²) in [5, 5.41) is 3.94. The minimum absolute atomic E-state index is 0.299. The molecule has 1 fully saturated rings. The van der Waals surface area contributed by atoms with Gasteiger partial charge in [-0.25, -0.2) is 9.97 Å². The van der Waals surface area contributed by atoms with Crippen LogP contribution in [0.4, 0.5) is 0 Å². The van der Waals surface area contributed by atoms with Crippen LogP contribution in [-0.2, 0) is 4.79 Å². The zero-order chi connectivity index (χ0) is 13.1. The first-order valence-corrected chi connectivity index (χ1v) is 7.03. The molecule has 0 aliphatic heterocycles. The average molecular weight is 266 g/mol. The summed E-state index contributed by atoms with van der Waals surface area (Å²) in [7, 11) is 0. The lowest BCUT2D eigenvalue weighted by Crippen LogP contribution is -2.44. The molecule has 5 nitrogen and oxygen atoms in total. The standard InChI is InChI=1S/C12H18N4OS/c1-7-5-8(2)15-12(14-7)18-6-10(11(13)17)16-9-3-4-9/h5,9-10,16H,3-4,6H2,1-2H3,(H2,13,17). The molecule has 3 N–H and O–H groups in total. The number of amides is 1. The second-order valence-electron chi connectivity index (χ2n) is 4.64.